The maximum Gasteiger partial charge on any atom is 0.275 e. The first-order chi connectivity index (χ1) is 13.7. The van der Waals surface area contributed by atoms with Crippen LogP contribution in [0, 0.1) is 0 Å². The van der Waals surface area contributed by atoms with Gasteiger partial charge in [0.2, 0.25) is 0 Å². The molecule has 1 aromatic carbocycles. The molecular formula is C21H29N5O2. The quantitative estimate of drug-likeness (QED) is 0.789. The molecule has 0 saturated carbocycles. The van der Waals surface area contributed by atoms with Crippen LogP contribution in [-0.4, -0.2) is 71.3 Å². The van der Waals surface area contributed by atoms with Gasteiger partial charge in [-0.3, -0.25) is 14.8 Å². The maximum atomic E-state index is 13.5. The van der Waals surface area contributed by atoms with E-state index in [2.05, 4.69) is 39.5 Å². The number of amides is 1. The molecule has 1 aromatic heterocycles. The number of nitrogens with zero attached hydrogens (tertiary/aromatic N) is 3. The predicted molar refractivity (Wildman–Crippen MR) is 107 cm³/mol. The standard InChI is InChI=1S/C21H29N5O2/c1-16(14-25-9-11-28-12-10-25)26(15-17-5-3-2-4-6-17)21(27)20-18-13-22-8-7-19(18)23-24-20/h2-6,16,22H,7-15H2,1H3,(H,23,24). The SMILES string of the molecule is CC(CN1CCOCC1)N(Cc1ccccc1)C(=O)c1n[nH]c2c1CNCC2. The van der Waals surface area contributed by atoms with Crippen molar-refractivity contribution >= 4 is 5.91 Å². The third kappa shape index (κ3) is 4.27. The Morgan fingerprint density at radius 2 is 2.07 bits per heavy atom. The van der Waals surface area contributed by atoms with Gasteiger partial charge in [-0.25, -0.2) is 0 Å². The Labute approximate surface area is 166 Å². The number of hydrogen-bond donors (Lipinski definition) is 2. The van der Waals surface area contributed by atoms with E-state index in [-0.39, 0.29) is 11.9 Å². The first-order valence-electron chi connectivity index (χ1n) is 10.1. The van der Waals surface area contributed by atoms with Gasteiger partial charge in [-0.15, -0.1) is 0 Å². The molecule has 1 atom stereocenters. The van der Waals surface area contributed by atoms with Gasteiger partial charge in [0.25, 0.3) is 5.91 Å². The van der Waals surface area contributed by atoms with Crippen LogP contribution >= 0.6 is 0 Å². The molecule has 1 unspecified atom stereocenters. The Morgan fingerprint density at radius 1 is 1.29 bits per heavy atom. The van der Waals surface area contributed by atoms with Crippen molar-refractivity contribution < 1.29 is 9.53 Å². The van der Waals surface area contributed by atoms with Crippen molar-refractivity contribution in [1.29, 1.82) is 0 Å². The van der Waals surface area contributed by atoms with E-state index in [0.717, 1.165) is 62.6 Å². The van der Waals surface area contributed by atoms with E-state index in [1.54, 1.807) is 0 Å². The van der Waals surface area contributed by atoms with Crippen LogP contribution in [0.5, 0.6) is 0 Å². The number of hydrogen-bond acceptors (Lipinski definition) is 5. The lowest BCUT2D eigenvalue weighted by Crippen LogP contribution is -2.48. The fraction of sp³-hybridized carbons (Fsp3) is 0.524. The summed E-state index contributed by atoms with van der Waals surface area (Å²) in [6, 6.07) is 10.3. The van der Waals surface area contributed by atoms with Gasteiger partial charge in [-0.1, -0.05) is 30.3 Å². The van der Waals surface area contributed by atoms with E-state index in [1.807, 2.05) is 23.1 Å². The van der Waals surface area contributed by atoms with Crippen molar-refractivity contribution in [2.45, 2.75) is 32.5 Å². The van der Waals surface area contributed by atoms with Crippen LogP contribution in [0.25, 0.3) is 0 Å². The smallest absolute Gasteiger partial charge is 0.275 e. The van der Waals surface area contributed by atoms with Crippen molar-refractivity contribution in [2.24, 2.45) is 0 Å². The number of fused-ring (bicyclic) bond motifs is 1. The van der Waals surface area contributed by atoms with Crippen molar-refractivity contribution in [3.63, 3.8) is 0 Å². The first-order valence-corrected chi connectivity index (χ1v) is 10.1. The number of nitrogens with one attached hydrogen (secondary N) is 2. The molecule has 2 aliphatic rings. The monoisotopic (exact) mass is 383 g/mol. The summed E-state index contributed by atoms with van der Waals surface area (Å²) in [5, 5.41) is 10.8. The van der Waals surface area contributed by atoms with Crippen LogP contribution in [0.2, 0.25) is 0 Å². The minimum atomic E-state index is 0.00538. The summed E-state index contributed by atoms with van der Waals surface area (Å²) in [6.07, 6.45) is 0.887. The third-order valence-corrected chi connectivity index (χ3v) is 5.62. The van der Waals surface area contributed by atoms with E-state index in [0.29, 0.717) is 18.8 Å². The number of aromatic nitrogens is 2. The second-order valence-electron chi connectivity index (χ2n) is 7.64. The molecule has 4 rings (SSSR count). The Hall–Kier alpha value is -2.22. The summed E-state index contributed by atoms with van der Waals surface area (Å²) < 4.78 is 5.46. The summed E-state index contributed by atoms with van der Waals surface area (Å²) in [4.78, 5) is 17.9. The molecule has 7 nitrogen and oxygen atoms in total. The highest BCUT2D eigenvalue weighted by molar-refractivity contribution is 5.94. The second-order valence-corrected chi connectivity index (χ2v) is 7.64. The lowest BCUT2D eigenvalue weighted by atomic mass is 10.1. The van der Waals surface area contributed by atoms with Gasteiger partial charge in [0.15, 0.2) is 5.69 Å². The Balaban J connectivity index is 1.56. The fourth-order valence-electron chi connectivity index (χ4n) is 4.00. The van der Waals surface area contributed by atoms with Gasteiger partial charge < -0.3 is 15.0 Å². The summed E-state index contributed by atoms with van der Waals surface area (Å²) in [7, 11) is 0. The van der Waals surface area contributed by atoms with Gasteiger partial charge in [0.05, 0.1) is 13.2 Å². The molecule has 1 fully saturated rings. The zero-order valence-corrected chi connectivity index (χ0v) is 16.5. The molecule has 0 bridgehead atoms. The molecule has 1 saturated heterocycles. The lowest BCUT2D eigenvalue weighted by Gasteiger charge is -2.35. The number of morpholine rings is 1. The van der Waals surface area contributed by atoms with Crippen LogP contribution in [0.15, 0.2) is 30.3 Å². The van der Waals surface area contributed by atoms with Crippen LogP contribution in [0.4, 0.5) is 0 Å². The summed E-state index contributed by atoms with van der Waals surface area (Å²) in [5.41, 5.74) is 3.80. The van der Waals surface area contributed by atoms with Crippen molar-refractivity contribution in [3.8, 4) is 0 Å². The maximum absolute atomic E-state index is 13.5. The summed E-state index contributed by atoms with van der Waals surface area (Å²) in [6.45, 7) is 8.53. The van der Waals surface area contributed by atoms with Crippen molar-refractivity contribution in [2.75, 3.05) is 39.4 Å². The van der Waals surface area contributed by atoms with E-state index in [1.165, 1.54) is 0 Å². The molecule has 0 aliphatic carbocycles. The van der Waals surface area contributed by atoms with E-state index >= 15 is 0 Å². The number of H-pyrrole nitrogens is 1. The lowest BCUT2D eigenvalue weighted by molar-refractivity contribution is 0.0227. The van der Waals surface area contributed by atoms with Gasteiger partial charge in [-0.2, -0.15) is 5.10 Å². The highest BCUT2D eigenvalue weighted by Gasteiger charge is 2.29. The van der Waals surface area contributed by atoms with Gasteiger partial charge in [0.1, 0.15) is 0 Å². The minimum absolute atomic E-state index is 0.00538. The van der Waals surface area contributed by atoms with Crippen molar-refractivity contribution in [3.05, 3.63) is 52.8 Å². The normalized spacial score (nSPS) is 18.5. The molecule has 7 heteroatoms. The molecule has 1 amide bonds. The molecule has 2 N–H and O–H groups in total. The molecule has 0 spiro atoms. The minimum Gasteiger partial charge on any atom is -0.379 e. The second kappa shape index (κ2) is 8.86. The first kappa shape index (κ1) is 19.1. The number of benzene rings is 1. The molecule has 2 aromatic rings. The fourth-order valence-corrected chi connectivity index (χ4v) is 4.00. The number of carbonyl (C=O) groups is 1. The van der Waals surface area contributed by atoms with Gasteiger partial charge in [-0.05, 0) is 12.5 Å². The summed E-state index contributed by atoms with van der Waals surface area (Å²) >= 11 is 0. The highest BCUT2D eigenvalue weighted by atomic mass is 16.5. The molecule has 2 aliphatic heterocycles. The van der Waals surface area contributed by atoms with E-state index in [9.17, 15) is 4.79 Å². The molecule has 0 radical (unpaired) electrons. The number of carbonyl (C=O) groups excluding carboxylic acids is 1. The molecule has 3 heterocycles. The topological polar surface area (TPSA) is 73.5 Å². The zero-order valence-electron chi connectivity index (χ0n) is 16.5. The Kier molecular flexibility index (Phi) is 6.04. The largest absolute Gasteiger partial charge is 0.379 e. The number of rotatable bonds is 6. The molecule has 28 heavy (non-hydrogen) atoms. The number of aromatic amines is 1. The summed E-state index contributed by atoms with van der Waals surface area (Å²) in [5.74, 6) is 0.00538. The van der Waals surface area contributed by atoms with Gasteiger partial charge in [0, 0.05) is 63.0 Å². The van der Waals surface area contributed by atoms with Crippen LogP contribution in [0.3, 0.4) is 0 Å². The highest BCUT2D eigenvalue weighted by Crippen LogP contribution is 2.20. The van der Waals surface area contributed by atoms with Crippen LogP contribution in [0.1, 0.15) is 34.2 Å². The third-order valence-electron chi connectivity index (χ3n) is 5.62. The average molecular weight is 383 g/mol. The Bertz CT molecular complexity index is 785. The predicted octanol–water partition coefficient (Wildman–Crippen LogP) is 1.42. The van der Waals surface area contributed by atoms with E-state index < -0.39 is 0 Å². The van der Waals surface area contributed by atoms with Crippen molar-refractivity contribution in [1.82, 2.24) is 25.3 Å². The van der Waals surface area contributed by atoms with Crippen LogP contribution in [-0.2, 0) is 24.2 Å². The van der Waals surface area contributed by atoms with Gasteiger partial charge >= 0.3 is 0 Å². The molecular weight excluding hydrogens is 354 g/mol. The van der Waals surface area contributed by atoms with E-state index in [4.69, 9.17) is 4.74 Å². The zero-order chi connectivity index (χ0) is 19.3. The average Bonchev–Trinajstić information content (AvgIpc) is 3.17. The Morgan fingerprint density at radius 3 is 2.86 bits per heavy atom. The molecule has 150 valence electrons. The van der Waals surface area contributed by atoms with Crippen LogP contribution < -0.4 is 5.32 Å². The number of ether oxygens (including phenoxy) is 1.